The molecule has 2 unspecified atom stereocenters. The van der Waals surface area contributed by atoms with Crippen molar-refractivity contribution in [1.29, 1.82) is 0 Å². The third kappa shape index (κ3) is 8.98. The van der Waals surface area contributed by atoms with E-state index < -0.39 is 18.3 Å². The quantitative estimate of drug-likeness (QED) is 0.150. The smallest absolute Gasteiger partial charge is 0.312 e. The molecule has 0 radical (unpaired) electrons. The van der Waals surface area contributed by atoms with Gasteiger partial charge in [-0.2, -0.15) is 0 Å². The van der Waals surface area contributed by atoms with Gasteiger partial charge in [0.1, 0.15) is 6.42 Å². The second kappa shape index (κ2) is 15.3. The monoisotopic (exact) mass is 646 g/mol. The number of carboxylic acid groups (broad SMARTS) is 1. The average molecular weight is 648 g/mol. The fraction of sp³-hybridized carbons (Fsp3) is 0.367. The highest BCUT2D eigenvalue weighted by Gasteiger charge is 2.35. The van der Waals surface area contributed by atoms with Crippen LogP contribution < -0.4 is 14.8 Å². The number of carboxylic acids is 1. The predicted molar refractivity (Wildman–Crippen MR) is 165 cm³/mol. The van der Waals surface area contributed by atoms with Crippen molar-refractivity contribution in [2.24, 2.45) is 5.92 Å². The molecule has 2 amide bonds. The maximum Gasteiger partial charge on any atom is 0.312 e. The fourth-order valence-corrected chi connectivity index (χ4v) is 6.02. The first-order valence-corrected chi connectivity index (χ1v) is 15.3. The van der Waals surface area contributed by atoms with E-state index in [-0.39, 0.29) is 23.6 Å². The van der Waals surface area contributed by atoms with Crippen LogP contribution in [0.5, 0.6) is 11.5 Å². The summed E-state index contributed by atoms with van der Waals surface area (Å²) in [6, 6.07) is 10.8. The number of carbonyl (C=O) groups is 3. The number of rotatable bonds is 13. The second-order valence-electron chi connectivity index (χ2n) is 10.1. The lowest BCUT2D eigenvalue weighted by Gasteiger charge is -2.24. The summed E-state index contributed by atoms with van der Waals surface area (Å²) < 4.78 is 10.6. The van der Waals surface area contributed by atoms with Gasteiger partial charge in [0, 0.05) is 37.1 Å². The Bertz CT molecular complexity index is 1460. The Morgan fingerprint density at radius 3 is 2.44 bits per heavy atom. The van der Waals surface area contributed by atoms with Gasteiger partial charge in [0.25, 0.3) is 0 Å². The molecule has 1 aliphatic rings. The molecule has 1 fully saturated rings. The summed E-state index contributed by atoms with van der Waals surface area (Å²) in [5, 5.41) is 13.4. The van der Waals surface area contributed by atoms with Gasteiger partial charge >= 0.3 is 5.97 Å². The standard InChI is InChI=1S/C30H32Cl2N4O6S/c1-41-25-6-4-20(12-26(25)42-2)21-14-34-30(35-15-21)43-17-27(37)33-8-7-22-10-19(16-36(22)28(38)13-29(39)40)9-18-3-5-23(31)24(32)11-18/h3-6,11-12,14-15,19,22H,7-10,13,16-17H2,1-2H3,(H,33,37)(H,39,40). The zero-order valence-corrected chi connectivity index (χ0v) is 26.0. The molecule has 4 rings (SSSR count). The van der Waals surface area contributed by atoms with Crippen LogP contribution in [0.2, 0.25) is 10.0 Å². The number of likely N-dealkylation sites (tertiary alicyclic amines) is 1. The summed E-state index contributed by atoms with van der Waals surface area (Å²) in [5.74, 6) is -0.297. The van der Waals surface area contributed by atoms with E-state index in [1.807, 2.05) is 30.3 Å². The molecule has 10 nitrogen and oxygen atoms in total. The Kier molecular flexibility index (Phi) is 11.5. The lowest BCUT2D eigenvalue weighted by Crippen LogP contribution is -2.39. The zero-order valence-electron chi connectivity index (χ0n) is 23.7. The molecule has 1 saturated heterocycles. The van der Waals surface area contributed by atoms with Crippen molar-refractivity contribution in [2.75, 3.05) is 33.1 Å². The van der Waals surface area contributed by atoms with Crippen LogP contribution in [0.25, 0.3) is 11.1 Å². The molecule has 1 aliphatic heterocycles. The normalized spacial score (nSPS) is 16.1. The van der Waals surface area contributed by atoms with E-state index >= 15 is 0 Å². The summed E-state index contributed by atoms with van der Waals surface area (Å²) >= 11 is 13.4. The molecule has 0 spiro atoms. The Hall–Kier alpha value is -3.54. The number of halogens is 2. The van der Waals surface area contributed by atoms with Crippen LogP contribution in [0, 0.1) is 5.92 Å². The topological polar surface area (TPSA) is 131 Å². The molecule has 3 aromatic rings. The summed E-state index contributed by atoms with van der Waals surface area (Å²) in [5.41, 5.74) is 2.66. The number of nitrogens with zero attached hydrogens (tertiary/aromatic N) is 3. The number of aliphatic carboxylic acids is 1. The number of amides is 2. The van der Waals surface area contributed by atoms with Gasteiger partial charge in [0.05, 0.1) is 30.0 Å². The van der Waals surface area contributed by atoms with Crippen LogP contribution in [0.4, 0.5) is 0 Å². The van der Waals surface area contributed by atoms with E-state index in [2.05, 4.69) is 15.3 Å². The number of hydrogen-bond acceptors (Lipinski definition) is 8. The van der Waals surface area contributed by atoms with Gasteiger partial charge in [-0.05, 0) is 60.6 Å². The van der Waals surface area contributed by atoms with E-state index in [1.54, 1.807) is 37.6 Å². The van der Waals surface area contributed by atoms with E-state index in [1.165, 1.54) is 11.8 Å². The zero-order chi connectivity index (χ0) is 30.9. The van der Waals surface area contributed by atoms with Gasteiger partial charge in [-0.15, -0.1) is 0 Å². The van der Waals surface area contributed by atoms with Crippen LogP contribution in [0.1, 0.15) is 24.8 Å². The first-order chi connectivity index (χ1) is 20.7. The number of methoxy groups -OCH3 is 2. The van der Waals surface area contributed by atoms with Crippen molar-refractivity contribution in [3.05, 3.63) is 64.4 Å². The highest BCUT2D eigenvalue weighted by atomic mass is 35.5. The maximum absolute atomic E-state index is 12.7. The number of hydrogen-bond donors (Lipinski definition) is 2. The molecule has 0 bridgehead atoms. The van der Waals surface area contributed by atoms with Crippen LogP contribution in [0.3, 0.4) is 0 Å². The highest BCUT2D eigenvalue weighted by Crippen LogP contribution is 2.33. The molecule has 2 aromatic carbocycles. The Balaban J connectivity index is 1.27. The average Bonchev–Trinajstić information content (AvgIpc) is 3.40. The molecule has 228 valence electrons. The third-order valence-corrected chi connectivity index (χ3v) is 8.72. The molecule has 2 atom stereocenters. The molecule has 0 saturated carbocycles. The number of thioether (sulfide) groups is 1. The summed E-state index contributed by atoms with van der Waals surface area (Å²) in [6.45, 7) is 0.789. The molecule has 43 heavy (non-hydrogen) atoms. The van der Waals surface area contributed by atoms with Crippen molar-refractivity contribution in [3.8, 4) is 22.6 Å². The van der Waals surface area contributed by atoms with Gasteiger partial charge < -0.3 is 24.8 Å². The third-order valence-electron chi connectivity index (χ3n) is 7.11. The van der Waals surface area contributed by atoms with E-state index in [9.17, 15) is 14.4 Å². The van der Waals surface area contributed by atoms with E-state index in [0.29, 0.717) is 59.1 Å². The first kappa shape index (κ1) is 32.4. The van der Waals surface area contributed by atoms with Crippen molar-refractivity contribution < 1.29 is 29.0 Å². The van der Waals surface area contributed by atoms with Crippen molar-refractivity contribution >= 4 is 52.7 Å². The summed E-state index contributed by atoms with van der Waals surface area (Å²) in [4.78, 5) is 46.8. The molecule has 2 N–H and O–H groups in total. The van der Waals surface area contributed by atoms with Crippen molar-refractivity contribution in [1.82, 2.24) is 20.2 Å². The highest BCUT2D eigenvalue weighted by molar-refractivity contribution is 7.99. The fourth-order valence-electron chi connectivity index (χ4n) is 5.09. The largest absolute Gasteiger partial charge is 0.493 e. The van der Waals surface area contributed by atoms with Gasteiger partial charge in [-0.3, -0.25) is 14.4 Å². The summed E-state index contributed by atoms with van der Waals surface area (Å²) in [7, 11) is 3.15. The van der Waals surface area contributed by atoms with E-state index in [0.717, 1.165) is 16.7 Å². The van der Waals surface area contributed by atoms with Crippen LogP contribution in [-0.4, -0.2) is 76.9 Å². The molecule has 1 aromatic heterocycles. The Morgan fingerprint density at radius 2 is 1.77 bits per heavy atom. The minimum Gasteiger partial charge on any atom is -0.493 e. The molecule has 0 aliphatic carbocycles. The molecule has 2 heterocycles. The van der Waals surface area contributed by atoms with Gasteiger partial charge in [-0.1, -0.05) is 47.1 Å². The Labute approximate surface area is 264 Å². The van der Waals surface area contributed by atoms with Crippen molar-refractivity contribution in [3.63, 3.8) is 0 Å². The van der Waals surface area contributed by atoms with Crippen LogP contribution in [-0.2, 0) is 20.8 Å². The molecular formula is C30H32Cl2N4O6S. The predicted octanol–water partition coefficient (Wildman–Crippen LogP) is 5.00. The first-order valence-electron chi connectivity index (χ1n) is 13.6. The molecule has 13 heteroatoms. The number of ether oxygens (including phenoxy) is 2. The minimum atomic E-state index is -1.17. The van der Waals surface area contributed by atoms with Gasteiger partial charge in [0.2, 0.25) is 11.8 Å². The SMILES string of the molecule is COc1ccc(-c2cnc(SCC(=O)NCCC3CC(Cc4ccc(Cl)c(Cl)c4)CN3C(=O)CC(=O)O)nc2)cc1OC. The van der Waals surface area contributed by atoms with E-state index in [4.69, 9.17) is 37.8 Å². The lowest BCUT2D eigenvalue weighted by molar-refractivity contribution is -0.144. The number of nitrogens with one attached hydrogen (secondary N) is 1. The van der Waals surface area contributed by atoms with Crippen LogP contribution >= 0.6 is 35.0 Å². The Morgan fingerprint density at radius 1 is 1.02 bits per heavy atom. The lowest BCUT2D eigenvalue weighted by atomic mass is 9.96. The maximum atomic E-state index is 12.7. The minimum absolute atomic E-state index is 0.127. The van der Waals surface area contributed by atoms with Crippen molar-refractivity contribution in [2.45, 2.75) is 36.9 Å². The number of benzene rings is 2. The van der Waals surface area contributed by atoms with Gasteiger partial charge in [0.15, 0.2) is 16.7 Å². The molecular weight excluding hydrogens is 615 g/mol. The number of aromatic nitrogens is 2. The number of carbonyl (C=O) groups excluding carboxylic acids is 2. The summed E-state index contributed by atoms with van der Waals surface area (Å²) in [6.07, 6.45) is 4.69. The second-order valence-corrected chi connectivity index (χ2v) is 11.8. The van der Waals surface area contributed by atoms with Crippen LogP contribution in [0.15, 0.2) is 53.9 Å². The van der Waals surface area contributed by atoms with Gasteiger partial charge in [-0.25, -0.2) is 9.97 Å².